The van der Waals surface area contributed by atoms with Gasteiger partial charge in [0.2, 0.25) is 11.8 Å². The normalized spacial score (nSPS) is 11.6. The van der Waals surface area contributed by atoms with Crippen molar-refractivity contribution in [1.29, 1.82) is 0 Å². The Labute approximate surface area is 165 Å². The van der Waals surface area contributed by atoms with E-state index in [4.69, 9.17) is 21.1 Å². The Morgan fingerprint density at radius 3 is 2.68 bits per heavy atom. The van der Waals surface area contributed by atoms with Gasteiger partial charge in [-0.3, -0.25) is 4.79 Å². The maximum Gasteiger partial charge on any atom is 0.416 e. The molecule has 0 saturated heterocycles. The first kappa shape index (κ1) is 21.7. The summed E-state index contributed by atoms with van der Waals surface area (Å²) in [5, 5.41) is 2.73. The van der Waals surface area contributed by atoms with Gasteiger partial charge in [-0.2, -0.15) is 13.2 Å². The molecule has 28 heavy (non-hydrogen) atoms. The van der Waals surface area contributed by atoms with Crippen molar-refractivity contribution >= 4 is 23.6 Å². The summed E-state index contributed by atoms with van der Waals surface area (Å²) in [6.07, 6.45) is -0.577. The second-order valence-electron chi connectivity index (χ2n) is 5.63. The minimum atomic E-state index is -4.48. The molecule has 0 aliphatic heterocycles. The summed E-state index contributed by atoms with van der Waals surface area (Å²) in [6, 6.07) is 6.32. The number of pyridine rings is 1. The van der Waals surface area contributed by atoms with E-state index in [1.165, 1.54) is 6.08 Å². The van der Waals surface area contributed by atoms with Crippen LogP contribution in [0.25, 0.3) is 6.08 Å². The third-order valence-corrected chi connectivity index (χ3v) is 3.88. The van der Waals surface area contributed by atoms with Gasteiger partial charge in [0.15, 0.2) is 0 Å². The number of amides is 1. The molecule has 0 radical (unpaired) electrons. The van der Waals surface area contributed by atoms with E-state index in [1.54, 1.807) is 25.4 Å². The summed E-state index contributed by atoms with van der Waals surface area (Å²) >= 11 is 5.88. The van der Waals surface area contributed by atoms with E-state index in [-0.39, 0.29) is 17.1 Å². The third kappa shape index (κ3) is 6.86. The SMILES string of the molecule is COCCOc1ccc(CNC(=O)/C=C/c2cc(C(F)(F)F)ccc2Cl)cn1. The molecule has 0 atom stereocenters. The highest BCUT2D eigenvalue weighted by molar-refractivity contribution is 6.32. The number of methoxy groups -OCH3 is 1. The van der Waals surface area contributed by atoms with Crippen LogP contribution in [0.3, 0.4) is 0 Å². The second kappa shape index (κ2) is 10.1. The monoisotopic (exact) mass is 414 g/mol. The van der Waals surface area contributed by atoms with Crippen LogP contribution in [0.1, 0.15) is 16.7 Å². The fraction of sp³-hybridized carbons (Fsp3) is 0.263. The zero-order valence-corrected chi connectivity index (χ0v) is 15.7. The number of ether oxygens (including phenoxy) is 2. The highest BCUT2D eigenvalue weighted by Gasteiger charge is 2.30. The number of carbonyl (C=O) groups excluding carboxylic acids is 1. The molecule has 0 saturated carbocycles. The van der Waals surface area contributed by atoms with Gasteiger partial charge in [-0.1, -0.05) is 17.7 Å². The Bertz CT molecular complexity index is 824. The van der Waals surface area contributed by atoms with Crippen LogP contribution in [0.4, 0.5) is 13.2 Å². The lowest BCUT2D eigenvalue weighted by Gasteiger charge is -2.08. The van der Waals surface area contributed by atoms with Crippen LogP contribution in [0.15, 0.2) is 42.6 Å². The predicted molar refractivity (Wildman–Crippen MR) is 98.9 cm³/mol. The number of nitrogens with zero attached hydrogens (tertiary/aromatic N) is 1. The molecule has 2 rings (SSSR count). The van der Waals surface area contributed by atoms with Crippen LogP contribution in [0.5, 0.6) is 5.88 Å². The maximum absolute atomic E-state index is 12.8. The van der Waals surface area contributed by atoms with Gasteiger partial charge in [0.05, 0.1) is 12.2 Å². The molecule has 1 aromatic carbocycles. The molecule has 1 heterocycles. The number of carbonyl (C=O) groups is 1. The van der Waals surface area contributed by atoms with Gasteiger partial charge in [0.25, 0.3) is 0 Å². The Kier molecular flexibility index (Phi) is 7.83. The van der Waals surface area contributed by atoms with Crippen molar-refractivity contribution in [2.45, 2.75) is 12.7 Å². The fourth-order valence-corrected chi connectivity index (χ4v) is 2.27. The average molecular weight is 415 g/mol. The minimum absolute atomic E-state index is 0.103. The summed E-state index contributed by atoms with van der Waals surface area (Å²) in [5.41, 5.74) is -0.000322. The number of hydrogen-bond donors (Lipinski definition) is 1. The highest BCUT2D eigenvalue weighted by Crippen LogP contribution is 2.32. The van der Waals surface area contributed by atoms with E-state index in [0.717, 1.165) is 29.8 Å². The molecule has 150 valence electrons. The van der Waals surface area contributed by atoms with Crippen molar-refractivity contribution in [3.05, 3.63) is 64.3 Å². The molecular weight excluding hydrogens is 397 g/mol. The van der Waals surface area contributed by atoms with E-state index in [2.05, 4.69) is 10.3 Å². The van der Waals surface area contributed by atoms with E-state index in [0.29, 0.717) is 19.1 Å². The quantitative estimate of drug-likeness (QED) is 0.521. The maximum atomic E-state index is 12.8. The average Bonchev–Trinajstić information content (AvgIpc) is 2.66. The smallest absolute Gasteiger partial charge is 0.416 e. The van der Waals surface area contributed by atoms with Crippen LogP contribution in [0, 0.1) is 0 Å². The summed E-state index contributed by atoms with van der Waals surface area (Å²) in [5.74, 6) is -0.0416. The molecule has 1 N–H and O–H groups in total. The molecule has 9 heteroatoms. The Morgan fingerprint density at radius 1 is 1.25 bits per heavy atom. The van der Waals surface area contributed by atoms with E-state index < -0.39 is 17.6 Å². The van der Waals surface area contributed by atoms with Crippen molar-refractivity contribution in [2.75, 3.05) is 20.3 Å². The molecule has 2 aromatic rings. The van der Waals surface area contributed by atoms with Crippen LogP contribution < -0.4 is 10.1 Å². The Balaban J connectivity index is 1.90. The number of rotatable bonds is 8. The van der Waals surface area contributed by atoms with Gasteiger partial charge in [-0.15, -0.1) is 0 Å². The molecule has 5 nitrogen and oxygen atoms in total. The van der Waals surface area contributed by atoms with Gasteiger partial charge >= 0.3 is 6.18 Å². The van der Waals surface area contributed by atoms with Gasteiger partial charge < -0.3 is 14.8 Å². The van der Waals surface area contributed by atoms with Crippen molar-refractivity contribution < 1.29 is 27.4 Å². The van der Waals surface area contributed by atoms with Crippen LogP contribution in [-0.4, -0.2) is 31.2 Å². The topological polar surface area (TPSA) is 60.5 Å². The number of alkyl halides is 3. The zero-order chi connectivity index (χ0) is 20.6. The molecular formula is C19H18ClF3N2O3. The lowest BCUT2D eigenvalue weighted by atomic mass is 10.1. The van der Waals surface area contributed by atoms with Crippen LogP contribution >= 0.6 is 11.6 Å². The minimum Gasteiger partial charge on any atom is -0.475 e. The first-order valence-corrected chi connectivity index (χ1v) is 8.56. The summed E-state index contributed by atoms with van der Waals surface area (Å²) in [4.78, 5) is 16.0. The highest BCUT2D eigenvalue weighted by atomic mass is 35.5. The molecule has 0 aliphatic rings. The summed E-state index contributed by atoms with van der Waals surface area (Å²) in [7, 11) is 1.57. The first-order chi connectivity index (χ1) is 13.3. The van der Waals surface area contributed by atoms with Gasteiger partial charge in [-0.05, 0) is 35.4 Å². The number of aromatic nitrogens is 1. The number of benzene rings is 1. The zero-order valence-electron chi connectivity index (χ0n) is 14.9. The lowest BCUT2D eigenvalue weighted by molar-refractivity contribution is -0.137. The molecule has 0 aliphatic carbocycles. The number of halogens is 4. The van der Waals surface area contributed by atoms with Crippen LogP contribution in [0.2, 0.25) is 5.02 Å². The standard InChI is InChI=1S/C19H18ClF3N2O3/c1-27-8-9-28-18-7-2-13(12-25-18)11-24-17(26)6-3-14-10-15(19(21,22)23)4-5-16(14)20/h2-7,10,12H,8-9,11H2,1H3,(H,24,26)/b6-3+. The summed E-state index contributed by atoms with van der Waals surface area (Å²) < 4.78 is 48.5. The molecule has 0 bridgehead atoms. The van der Waals surface area contributed by atoms with E-state index in [1.807, 2.05) is 0 Å². The summed E-state index contributed by atoms with van der Waals surface area (Å²) in [6.45, 7) is 1.02. The number of nitrogens with one attached hydrogen (secondary N) is 1. The first-order valence-electron chi connectivity index (χ1n) is 8.19. The van der Waals surface area contributed by atoms with Crippen molar-refractivity contribution in [2.24, 2.45) is 0 Å². The van der Waals surface area contributed by atoms with Crippen molar-refractivity contribution in [3.63, 3.8) is 0 Å². The largest absolute Gasteiger partial charge is 0.475 e. The fourth-order valence-electron chi connectivity index (χ4n) is 2.09. The molecule has 0 unspecified atom stereocenters. The van der Waals surface area contributed by atoms with Gasteiger partial charge in [0, 0.05) is 37.0 Å². The molecule has 1 amide bonds. The van der Waals surface area contributed by atoms with Gasteiger partial charge in [0.1, 0.15) is 6.61 Å². The molecule has 1 aromatic heterocycles. The van der Waals surface area contributed by atoms with Crippen LogP contribution in [-0.2, 0) is 22.3 Å². The molecule has 0 spiro atoms. The van der Waals surface area contributed by atoms with Crippen molar-refractivity contribution in [3.8, 4) is 5.88 Å². The predicted octanol–water partition coefficient (Wildman–Crippen LogP) is 4.11. The Morgan fingerprint density at radius 2 is 2.04 bits per heavy atom. The van der Waals surface area contributed by atoms with E-state index in [9.17, 15) is 18.0 Å². The third-order valence-electron chi connectivity index (χ3n) is 3.54. The lowest BCUT2D eigenvalue weighted by Crippen LogP contribution is -2.20. The number of hydrogen-bond acceptors (Lipinski definition) is 4. The molecule has 0 fully saturated rings. The Hall–Kier alpha value is -2.58. The van der Waals surface area contributed by atoms with Gasteiger partial charge in [-0.25, -0.2) is 4.98 Å². The second-order valence-corrected chi connectivity index (χ2v) is 6.04. The van der Waals surface area contributed by atoms with E-state index >= 15 is 0 Å². The van der Waals surface area contributed by atoms with Crippen molar-refractivity contribution in [1.82, 2.24) is 10.3 Å².